The van der Waals surface area contributed by atoms with Crippen LogP contribution < -0.4 is 11.5 Å². The van der Waals surface area contributed by atoms with Gasteiger partial charge in [0.15, 0.2) is 0 Å². The zero-order valence-corrected chi connectivity index (χ0v) is 10.8. The van der Waals surface area contributed by atoms with Crippen LogP contribution in [0.3, 0.4) is 0 Å². The Kier molecular flexibility index (Phi) is 3.87. The van der Waals surface area contributed by atoms with Gasteiger partial charge in [0.25, 0.3) is 0 Å². The van der Waals surface area contributed by atoms with Gasteiger partial charge in [-0.3, -0.25) is 9.69 Å². The molecule has 1 aromatic rings. The van der Waals surface area contributed by atoms with Crippen molar-refractivity contribution >= 4 is 11.6 Å². The smallest absolute Gasteiger partial charge is 0.234 e. The number of anilines is 1. The number of benzene rings is 1. The summed E-state index contributed by atoms with van der Waals surface area (Å²) in [6.45, 7) is 2.78. The molecule has 4 nitrogen and oxygen atoms in total. The SMILES string of the molecule is CCC(C(N)=O)N(Cc1ccc(N)cc1)C1CC1. The van der Waals surface area contributed by atoms with Crippen LogP contribution in [0, 0.1) is 0 Å². The number of nitrogen functional groups attached to an aromatic ring is 1. The van der Waals surface area contributed by atoms with E-state index in [0.29, 0.717) is 6.04 Å². The molecule has 0 bridgehead atoms. The van der Waals surface area contributed by atoms with Gasteiger partial charge < -0.3 is 11.5 Å². The molecule has 0 aliphatic heterocycles. The van der Waals surface area contributed by atoms with Gasteiger partial charge in [-0.25, -0.2) is 0 Å². The Morgan fingerprint density at radius 3 is 2.44 bits per heavy atom. The molecule has 4 heteroatoms. The number of rotatable bonds is 6. The van der Waals surface area contributed by atoms with Crippen molar-refractivity contribution in [3.63, 3.8) is 0 Å². The van der Waals surface area contributed by atoms with Crippen LogP contribution in [0.25, 0.3) is 0 Å². The predicted molar refractivity (Wildman–Crippen MR) is 72.7 cm³/mol. The molecule has 1 aliphatic rings. The highest BCUT2D eigenvalue weighted by Gasteiger charge is 2.35. The number of hydrogen-bond acceptors (Lipinski definition) is 3. The lowest BCUT2D eigenvalue weighted by Gasteiger charge is -2.29. The molecule has 1 aliphatic carbocycles. The molecule has 98 valence electrons. The summed E-state index contributed by atoms with van der Waals surface area (Å²) in [5.41, 5.74) is 13.1. The first kappa shape index (κ1) is 12.9. The first-order valence-electron chi connectivity index (χ1n) is 6.51. The molecule has 0 saturated heterocycles. The van der Waals surface area contributed by atoms with Gasteiger partial charge in [-0.2, -0.15) is 0 Å². The first-order valence-corrected chi connectivity index (χ1v) is 6.51. The van der Waals surface area contributed by atoms with Gasteiger partial charge in [0.05, 0.1) is 6.04 Å². The molecule has 1 unspecified atom stereocenters. The van der Waals surface area contributed by atoms with E-state index in [4.69, 9.17) is 11.5 Å². The summed E-state index contributed by atoms with van der Waals surface area (Å²) >= 11 is 0. The second kappa shape index (κ2) is 5.40. The molecular weight excluding hydrogens is 226 g/mol. The number of primary amides is 1. The van der Waals surface area contributed by atoms with E-state index in [1.54, 1.807) is 0 Å². The second-order valence-corrected chi connectivity index (χ2v) is 4.97. The second-order valence-electron chi connectivity index (χ2n) is 4.97. The highest BCUT2D eigenvalue weighted by molar-refractivity contribution is 5.79. The maximum absolute atomic E-state index is 11.5. The van der Waals surface area contributed by atoms with Crippen molar-refractivity contribution in [2.45, 2.75) is 44.8 Å². The van der Waals surface area contributed by atoms with E-state index in [1.165, 1.54) is 18.4 Å². The van der Waals surface area contributed by atoms with E-state index in [0.717, 1.165) is 18.7 Å². The Hall–Kier alpha value is -1.55. The van der Waals surface area contributed by atoms with Crippen LogP contribution in [-0.2, 0) is 11.3 Å². The van der Waals surface area contributed by atoms with Crippen molar-refractivity contribution in [1.82, 2.24) is 4.90 Å². The van der Waals surface area contributed by atoms with E-state index < -0.39 is 0 Å². The number of nitrogens with two attached hydrogens (primary N) is 2. The van der Waals surface area contributed by atoms with E-state index in [1.807, 2.05) is 31.2 Å². The number of nitrogens with zero attached hydrogens (tertiary/aromatic N) is 1. The molecule has 2 rings (SSSR count). The normalized spacial score (nSPS) is 16.8. The molecule has 1 fully saturated rings. The summed E-state index contributed by atoms with van der Waals surface area (Å²) in [4.78, 5) is 13.7. The lowest BCUT2D eigenvalue weighted by Crippen LogP contribution is -2.45. The van der Waals surface area contributed by atoms with Crippen molar-refractivity contribution in [2.75, 3.05) is 5.73 Å². The molecule has 0 heterocycles. The summed E-state index contributed by atoms with van der Waals surface area (Å²) < 4.78 is 0. The number of carbonyl (C=O) groups is 1. The average molecular weight is 247 g/mol. The van der Waals surface area contributed by atoms with Crippen LogP contribution in [0.4, 0.5) is 5.69 Å². The highest BCUT2D eigenvalue weighted by atomic mass is 16.1. The van der Waals surface area contributed by atoms with Crippen LogP contribution >= 0.6 is 0 Å². The molecule has 1 atom stereocenters. The van der Waals surface area contributed by atoms with E-state index in [9.17, 15) is 4.79 Å². The van der Waals surface area contributed by atoms with Crippen molar-refractivity contribution in [3.05, 3.63) is 29.8 Å². The summed E-state index contributed by atoms with van der Waals surface area (Å²) in [7, 11) is 0. The molecular formula is C14H21N3O. The zero-order chi connectivity index (χ0) is 13.1. The van der Waals surface area contributed by atoms with Gasteiger partial charge in [0, 0.05) is 18.3 Å². The zero-order valence-electron chi connectivity index (χ0n) is 10.8. The fourth-order valence-electron chi connectivity index (χ4n) is 2.33. The lowest BCUT2D eigenvalue weighted by molar-refractivity contribution is -0.123. The summed E-state index contributed by atoms with van der Waals surface area (Å²) in [6, 6.07) is 8.17. The molecule has 0 spiro atoms. The van der Waals surface area contributed by atoms with Crippen LogP contribution in [0.2, 0.25) is 0 Å². The number of amides is 1. The topological polar surface area (TPSA) is 72.4 Å². The largest absolute Gasteiger partial charge is 0.399 e. The fourth-order valence-corrected chi connectivity index (χ4v) is 2.33. The van der Waals surface area contributed by atoms with Crippen LogP contribution in [0.5, 0.6) is 0 Å². The Morgan fingerprint density at radius 1 is 1.39 bits per heavy atom. The van der Waals surface area contributed by atoms with Crippen LogP contribution in [-0.4, -0.2) is 22.9 Å². The fraction of sp³-hybridized carbons (Fsp3) is 0.500. The van der Waals surface area contributed by atoms with Gasteiger partial charge in [-0.15, -0.1) is 0 Å². The third-order valence-corrected chi connectivity index (χ3v) is 3.48. The molecule has 4 N–H and O–H groups in total. The minimum Gasteiger partial charge on any atom is -0.399 e. The lowest BCUT2D eigenvalue weighted by atomic mass is 10.1. The Morgan fingerprint density at radius 2 is 2.00 bits per heavy atom. The molecule has 0 radical (unpaired) electrons. The highest BCUT2D eigenvalue weighted by Crippen LogP contribution is 2.31. The Bertz CT molecular complexity index is 412. The minimum absolute atomic E-state index is 0.157. The molecule has 1 amide bonds. The summed E-state index contributed by atoms with van der Waals surface area (Å²) in [5, 5.41) is 0. The number of hydrogen-bond donors (Lipinski definition) is 2. The van der Waals surface area contributed by atoms with E-state index in [-0.39, 0.29) is 11.9 Å². The van der Waals surface area contributed by atoms with Gasteiger partial charge in [0.1, 0.15) is 0 Å². The number of carbonyl (C=O) groups excluding carboxylic acids is 1. The van der Waals surface area contributed by atoms with Crippen molar-refractivity contribution in [1.29, 1.82) is 0 Å². The van der Waals surface area contributed by atoms with Gasteiger partial charge in [-0.05, 0) is 37.0 Å². The van der Waals surface area contributed by atoms with Gasteiger partial charge >= 0.3 is 0 Å². The van der Waals surface area contributed by atoms with Crippen LogP contribution in [0.1, 0.15) is 31.7 Å². The molecule has 1 saturated carbocycles. The first-order chi connectivity index (χ1) is 8.61. The van der Waals surface area contributed by atoms with Crippen molar-refractivity contribution < 1.29 is 4.79 Å². The molecule has 18 heavy (non-hydrogen) atoms. The van der Waals surface area contributed by atoms with Crippen molar-refractivity contribution in [2.24, 2.45) is 5.73 Å². The standard InChI is InChI=1S/C14H21N3O/c1-2-13(14(16)18)17(12-7-8-12)9-10-3-5-11(15)6-4-10/h3-6,12-13H,2,7-9,15H2,1H3,(H2,16,18). The maximum atomic E-state index is 11.5. The minimum atomic E-state index is -0.222. The Labute approximate surface area is 108 Å². The summed E-state index contributed by atoms with van der Waals surface area (Å²) in [6.07, 6.45) is 3.10. The van der Waals surface area contributed by atoms with E-state index >= 15 is 0 Å². The molecule has 1 aromatic carbocycles. The van der Waals surface area contributed by atoms with Gasteiger partial charge in [-0.1, -0.05) is 19.1 Å². The maximum Gasteiger partial charge on any atom is 0.234 e. The third kappa shape index (κ3) is 3.01. The average Bonchev–Trinajstić information content (AvgIpc) is 3.15. The summed E-state index contributed by atoms with van der Waals surface area (Å²) in [5.74, 6) is -0.222. The molecule has 0 aromatic heterocycles. The van der Waals surface area contributed by atoms with Crippen LogP contribution in [0.15, 0.2) is 24.3 Å². The predicted octanol–water partition coefficient (Wildman–Crippen LogP) is 1.50. The Balaban J connectivity index is 2.10. The van der Waals surface area contributed by atoms with Crippen molar-refractivity contribution in [3.8, 4) is 0 Å². The quantitative estimate of drug-likeness (QED) is 0.748. The monoisotopic (exact) mass is 247 g/mol. The van der Waals surface area contributed by atoms with Gasteiger partial charge in [0.2, 0.25) is 5.91 Å². The van der Waals surface area contributed by atoms with E-state index in [2.05, 4.69) is 4.90 Å². The third-order valence-electron chi connectivity index (χ3n) is 3.48.